The van der Waals surface area contributed by atoms with Gasteiger partial charge >= 0.3 is 0 Å². The van der Waals surface area contributed by atoms with Crippen molar-refractivity contribution in [3.63, 3.8) is 0 Å². The molecule has 2 aromatic carbocycles. The highest BCUT2D eigenvalue weighted by Crippen LogP contribution is 2.19. The lowest BCUT2D eigenvalue weighted by atomic mass is 10.2. The molecule has 0 aliphatic carbocycles. The minimum absolute atomic E-state index is 0.0518. The first kappa shape index (κ1) is 24.7. The van der Waals surface area contributed by atoms with E-state index in [0.29, 0.717) is 35.7 Å². The van der Waals surface area contributed by atoms with E-state index in [1.54, 1.807) is 10.6 Å². The predicted octanol–water partition coefficient (Wildman–Crippen LogP) is 4.47. The molecule has 1 amide bonds. The number of carbonyl (C=O) groups excluding carboxylic acids is 1. The van der Waals surface area contributed by atoms with Gasteiger partial charge < -0.3 is 5.32 Å². The van der Waals surface area contributed by atoms with Crippen LogP contribution in [-0.2, 0) is 24.4 Å². The maximum Gasteiger partial charge on any atom is 0.262 e. The molecule has 182 valence electrons. The highest BCUT2D eigenvalue weighted by molar-refractivity contribution is 7.99. The maximum absolute atomic E-state index is 13.0. The minimum atomic E-state index is -0.103. The molecule has 1 N–H and O–H groups in total. The van der Waals surface area contributed by atoms with Crippen molar-refractivity contribution in [3.05, 3.63) is 87.5 Å². The van der Waals surface area contributed by atoms with Gasteiger partial charge in [0.1, 0.15) is 0 Å². The largest absolute Gasteiger partial charge is 0.351 e. The zero-order chi connectivity index (χ0) is 24.8. The average molecular weight is 490 g/mol. The number of rotatable bonds is 10. The summed E-state index contributed by atoms with van der Waals surface area (Å²) in [7, 11) is 0. The van der Waals surface area contributed by atoms with Crippen LogP contribution in [0.25, 0.3) is 10.9 Å². The average Bonchev–Trinajstić information content (AvgIpc) is 3.13. The maximum atomic E-state index is 13.0. The van der Waals surface area contributed by atoms with Crippen molar-refractivity contribution < 1.29 is 4.79 Å². The standard InChI is InChI=1S/C27H31N5O2S/c1-4-5-15-31-26(34)22-13-9-10-14-24(22)29-27(31)35-18-25(33)28-16-23-19(2)30-32(20(23)3)17-21-11-7-6-8-12-21/h6-14H,4-5,15-18H2,1-3H3,(H,28,33). The number of hydrogen-bond donors (Lipinski definition) is 1. The zero-order valence-corrected chi connectivity index (χ0v) is 21.3. The Bertz CT molecular complexity index is 1380. The molecule has 4 rings (SSSR count). The van der Waals surface area contributed by atoms with Gasteiger partial charge in [0, 0.05) is 24.3 Å². The molecule has 2 heterocycles. The lowest BCUT2D eigenvalue weighted by molar-refractivity contribution is -0.118. The topological polar surface area (TPSA) is 81.8 Å². The number of thioether (sulfide) groups is 1. The molecule has 0 fully saturated rings. The van der Waals surface area contributed by atoms with Gasteiger partial charge in [0.2, 0.25) is 5.91 Å². The number of benzene rings is 2. The van der Waals surface area contributed by atoms with E-state index in [4.69, 9.17) is 0 Å². The number of aromatic nitrogens is 4. The van der Waals surface area contributed by atoms with E-state index in [1.165, 1.54) is 17.3 Å². The Kier molecular flexibility index (Phi) is 8.02. The van der Waals surface area contributed by atoms with Gasteiger partial charge in [-0.1, -0.05) is 67.6 Å². The third kappa shape index (κ3) is 5.82. The second-order valence-electron chi connectivity index (χ2n) is 8.58. The Labute approximate surface area is 209 Å². The lowest BCUT2D eigenvalue weighted by Crippen LogP contribution is -2.27. The van der Waals surface area contributed by atoms with Gasteiger partial charge in [0.15, 0.2) is 5.16 Å². The summed E-state index contributed by atoms with van der Waals surface area (Å²) in [5.41, 5.74) is 4.78. The van der Waals surface area contributed by atoms with E-state index in [2.05, 4.69) is 34.5 Å². The Morgan fingerprint density at radius 3 is 2.57 bits per heavy atom. The van der Waals surface area contributed by atoms with Gasteiger partial charge in [0.05, 0.1) is 28.9 Å². The number of amides is 1. The molecule has 0 atom stereocenters. The summed E-state index contributed by atoms with van der Waals surface area (Å²) >= 11 is 1.30. The predicted molar refractivity (Wildman–Crippen MR) is 141 cm³/mol. The zero-order valence-electron chi connectivity index (χ0n) is 20.5. The number of hydrogen-bond acceptors (Lipinski definition) is 5. The highest BCUT2D eigenvalue weighted by Gasteiger charge is 2.15. The van der Waals surface area contributed by atoms with Gasteiger partial charge in [-0.15, -0.1) is 0 Å². The number of para-hydroxylation sites is 1. The van der Waals surface area contributed by atoms with Crippen LogP contribution >= 0.6 is 11.8 Å². The third-order valence-corrected chi connectivity index (χ3v) is 7.04. The fourth-order valence-corrected chi connectivity index (χ4v) is 4.89. The molecular weight excluding hydrogens is 458 g/mol. The number of nitrogens with zero attached hydrogens (tertiary/aromatic N) is 4. The fraction of sp³-hybridized carbons (Fsp3) is 0.333. The number of carbonyl (C=O) groups is 1. The molecule has 0 saturated carbocycles. The van der Waals surface area contributed by atoms with Crippen molar-refractivity contribution in [1.29, 1.82) is 0 Å². The van der Waals surface area contributed by atoms with Crippen LogP contribution < -0.4 is 10.9 Å². The molecule has 2 aromatic heterocycles. The van der Waals surface area contributed by atoms with Crippen molar-refractivity contribution in [3.8, 4) is 0 Å². The molecule has 0 aliphatic rings. The van der Waals surface area contributed by atoms with E-state index in [-0.39, 0.29) is 17.2 Å². The second kappa shape index (κ2) is 11.4. The SMILES string of the molecule is CCCCn1c(SCC(=O)NCc2c(C)nn(Cc3ccccc3)c2C)nc2ccccc2c1=O. The number of aryl methyl sites for hydroxylation is 1. The summed E-state index contributed by atoms with van der Waals surface area (Å²) in [6, 6.07) is 17.6. The highest BCUT2D eigenvalue weighted by atomic mass is 32.2. The minimum Gasteiger partial charge on any atom is -0.351 e. The molecule has 0 unspecified atom stereocenters. The van der Waals surface area contributed by atoms with Crippen molar-refractivity contribution in [2.45, 2.75) is 58.4 Å². The van der Waals surface area contributed by atoms with Gasteiger partial charge in [-0.2, -0.15) is 5.10 Å². The molecule has 7 nitrogen and oxygen atoms in total. The molecule has 8 heteroatoms. The Hall–Kier alpha value is -3.39. The van der Waals surface area contributed by atoms with Crippen molar-refractivity contribution in [2.75, 3.05) is 5.75 Å². The summed E-state index contributed by atoms with van der Waals surface area (Å²) in [5.74, 6) is 0.0849. The quantitative estimate of drug-likeness (QED) is 0.263. The molecule has 0 bridgehead atoms. The van der Waals surface area contributed by atoms with Crippen LogP contribution in [0.5, 0.6) is 0 Å². The summed E-state index contributed by atoms with van der Waals surface area (Å²) in [4.78, 5) is 30.4. The van der Waals surface area contributed by atoms with E-state index < -0.39 is 0 Å². The van der Waals surface area contributed by atoms with E-state index >= 15 is 0 Å². The molecule has 4 aromatic rings. The van der Waals surface area contributed by atoms with Crippen molar-refractivity contribution in [1.82, 2.24) is 24.6 Å². The molecule has 0 spiro atoms. The van der Waals surface area contributed by atoms with E-state index in [9.17, 15) is 9.59 Å². The Morgan fingerprint density at radius 2 is 1.80 bits per heavy atom. The lowest BCUT2D eigenvalue weighted by Gasteiger charge is -2.13. The van der Waals surface area contributed by atoms with Crippen LogP contribution in [0.3, 0.4) is 0 Å². The summed E-state index contributed by atoms with van der Waals surface area (Å²) < 4.78 is 3.68. The van der Waals surface area contributed by atoms with E-state index in [1.807, 2.05) is 54.9 Å². The third-order valence-electron chi connectivity index (χ3n) is 6.06. The van der Waals surface area contributed by atoms with Gasteiger partial charge in [0.25, 0.3) is 5.56 Å². The summed E-state index contributed by atoms with van der Waals surface area (Å²) in [6.07, 6.45) is 1.85. The molecular formula is C27H31N5O2S. The second-order valence-corrected chi connectivity index (χ2v) is 9.52. The molecule has 35 heavy (non-hydrogen) atoms. The number of nitrogens with one attached hydrogen (secondary N) is 1. The van der Waals surface area contributed by atoms with Crippen LogP contribution in [0.15, 0.2) is 64.5 Å². The van der Waals surface area contributed by atoms with Crippen LogP contribution in [0, 0.1) is 13.8 Å². The normalized spacial score (nSPS) is 11.2. The number of unbranched alkanes of at least 4 members (excludes halogenated alkanes) is 1. The smallest absolute Gasteiger partial charge is 0.262 e. The van der Waals surface area contributed by atoms with Crippen LogP contribution in [0.4, 0.5) is 0 Å². The first-order chi connectivity index (χ1) is 17.0. The monoisotopic (exact) mass is 489 g/mol. The summed E-state index contributed by atoms with van der Waals surface area (Å²) in [5, 5.41) is 8.87. The fourth-order valence-electron chi connectivity index (χ4n) is 4.04. The van der Waals surface area contributed by atoms with Crippen LogP contribution in [0.1, 0.15) is 42.3 Å². The molecule has 0 aliphatic heterocycles. The first-order valence-corrected chi connectivity index (χ1v) is 12.9. The Balaban J connectivity index is 1.42. The first-order valence-electron chi connectivity index (χ1n) is 11.9. The van der Waals surface area contributed by atoms with Crippen molar-refractivity contribution >= 4 is 28.6 Å². The van der Waals surface area contributed by atoms with Crippen LogP contribution in [0.2, 0.25) is 0 Å². The van der Waals surface area contributed by atoms with Crippen molar-refractivity contribution in [2.24, 2.45) is 0 Å². The molecule has 0 saturated heterocycles. The Morgan fingerprint density at radius 1 is 1.06 bits per heavy atom. The van der Waals surface area contributed by atoms with Gasteiger partial charge in [-0.05, 0) is 38.0 Å². The van der Waals surface area contributed by atoms with Crippen LogP contribution in [-0.4, -0.2) is 31.0 Å². The number of fused-ring (bicyclic) bond motifs is 1. The van der Waals surface area contributed by atoms with Gasteiger partial charge in [-0.25, -0.2) is 4.98 Å². The van der Waals surface area contributed by atoms with Gasteiger partial charge in [-0.3, -0.25) is 18.8 Å². The summed E-state index contributed by atoms with van der Waals surface area (Å²) in [6.45, 7) is 7.79. The van der Waals surface area contributed by atoms with E-state index in [0.717, 1.165) is 29.8 Å². The molecule has 0 radical (unpaired) electrons.